The second kappa shape index (κ2) is 8.51. The van der Waals surface area contributed by atoms with E-state index in [2.05, 4.69) is 47.1 Å². The number of hydrogen-bond donors (Lipinski definition) is 1. The van der Waals surface area contributed by atoms with E-state index >= 15 is 0 Å². The molecule has 1 aromatic carbocycles. The van der Waals surface area contributed by atoms with E-state index in [0.29, 0.717) is 0 Å². The molecule has 0 spiro atoms. The average Bonchev–Trinajstić information content (AvgIpc) is 2.33. The maximum atomic E-state index is 5.75. The molecule has 0 saturated carbocycles. The lowest BCUT2D eigenvalue weighted by Crippen LogP contribution is -2.15. The zero-order valence-corrected chi connectivity index (χ0v) is 12.9. The molecule has 0 unspecified atom stereocenters. The lowest BCUT2D eigenvalue weighted by Gasteiger charge is -2.12. The molecule has 0 aliphatic heterocycles. The summed E-state index contributed by atoms with van der Waals surface area (Å²) in [5.41, 5.74) is 6.81. The smallest absolute Gasteiger partial charge is 0.133 e. The van der Waals surface area contributed by atoms with Gasteiger partial charge in [0.15, 0.2) is 0 Å². The summed E-state index contributed by atoms with van der Waals surface area (Å²) >= 11 is 3.55. The Morgan fingerprint density at radius 1 is 1.28 bits per heavy atom. The third-order valence-corrected chi connectivity index (χ3v) is 3.29. The fourth-order valence-electron chi connectivity index (χ4n) is 1.69. The van der Waals surface area contributed by atoms with Crippen LogP contribution in [-0.4, -0.2) is 38.7 Å². The average molecular weight is 315 g/mol. The van der Waals surface area contributed by atoms with Crippen LogP contribution in [0.1, 0.15) is 18.4 Å². The van der Waals surface area contributed by atoms with Crippen molar-refractivity contribution in [2.24, 2.45) is 5.73 Å². The Labute approximate surface area is 118 Å². The molecule has 0 saturated heterocycles. The summed E-state index contributed by atoms with van der Waals surface area (Å²) in [4.78, 5) is 2.16. The van der Waals surface area contributed by atoms with E-state index in [1.165, 1.54) is 5.56 Å². The van der Waals surface area contributed by atoms with Gasteiger partial charge in [0, 0.05) is 6.54 Å². The van der Waals surface area contributed by atoms with Crippen molar-refractivity contribution in [2.75, 3.05) is 33.8 Å². The van der Waals surface area contributed by atoms with E-state index in [4.69, 9.17) is 10.5 Å². The van der Waals surface area contributed by atoms with Gasteiger partial charge in [0.1, 0.15) is 5.75 Å². The Balaban J connectivity index is 2.42. The highest BCUT2D eigenvalue weighted by atomic mass is 79.9. The molecule has 3 nitrogen and oxygen atoms in total. The fraction of sp³-hybridized carbons (Fsp3) is 0.571. The monoisotopic (exact) mass is 314 g/mol. The number of ether oxygens (including phenoxy) is 1. The molecule has 0 radical (unpaired) electrons. The van der Waals surface area contributed by atoms with Gasteiger partial charge in [-0.3, -0.25) is 0 Å². The minimum Gasteiger partial charge on any atom is -0.492 e. The molecule has 18 heavy (non-hydrogen) atoms. The van der Waals surface area contributed by atoms with Gasteiger partial charge in [-0.05, 0) is 73.5 Å². The Hall–Kier alpha value is -0.580. The van der Waals surface area contributed by atoms with Gasteiger partial charge in [0.05, 0.1) is 11.1 Å². The minimum absolute atomic E-state index is 0.737. The standard InChI is InChI=1S/C14H23BrN2O/c1-17(2)9-4-10-18-14-7-6-12(5-3-8-16)11-13(14)15/h6-7,11H,3-5,8-10,16H2,1-2H3. The molecule has 4 heteroatoms. The third-order valence-electron chi connectivity index (χ3n) is 2.67. The van der Waals surface area contributed by atoms with E-state index in [1.54, 1.807) is 0 Å². The number of rotatable bonds is 8. The number of halogens is 1. The van der Waals surface area contributed by atoms with Crippen LogP contribution in [-0.2, 0) is 6.42 Å². The van der Waals surface area contributed by atoms with Gasteiger partial charge < -0.3 is 15.4 Å². The van der Waals surface area contributed by atoms with Crippen molar-refractivity contribution in [2.45, 2.75) is 19.3 Å². The summed E-state index contributed by atoms with van der Waals surface area (Å²) in [6.07, 6.45) is 3.08. The summed E-state index contributed by atoms with van der Waals surface area (Å²) in [6, 6.07) is 6.27. The SMILES string of the molecule is CN(C)CCCOc1ccc(CCCN)cc1Br. The van der Waals surface area contributed by atoms with Crippen molar-refractivity contribution in [1.82, 2.24) is 4.90 Å². The van der Waals surface area contributed by atoms with E-state index in [1.807, 2.05) is 6.07 Å². The number of benzene rings is 1. The van der Waals surface area contributed by atoms with E-state index in [-0.39, 0.29) is 0 Å². The number of hydrogen-bond acceptors (Lipinski definition) is 3. The van der Waals surface area contributed by atoms with Crippen LogP contribution in [0.5, 0.6) is 5.75 Å². The third kappa shape index (κ3) is 5.85. The van der Waals surface area contributed by atoms with Crippen LogP contribution in [0.15, 0.2) is 22.7 Å². The molecule has 0 atom stereocenters. The summed E-state index contributed by atoms with van der Waals surface area (Å²) in [5.74, 6) is 0.922. The second-order valence-electron chi connectivity index (χ2n) is 4.66. The van der Waals surface area contributed by atoms with Crippen LogP contribution in [0.3, 0.4) is 0 Å². The first-order valence-electron chi connectivity index (χ1n) is 6.39. The number of nitrogens with zero attached hydrogens (tertiary/aromatic N) is 1. The zero-order chi connectivity index (χ0) is 13.4. The predicted molar refractivity (Wildman–Crippen MR) is 80.2 cm³/mol. The molecular formula is C14H23BrN2O. The van der Waals surface area contributed by atoms with Crippen LogP contribution in [0.25, 0.3) is 0 Å². The van der Waals surface area contributed by atoms with Crippen molar-refractivity contribution < 1.29 is 4.74 Å². The molecule has 2 N–H and O–H groups in total. The van der Waals surface area contributed by atoms with Crippen molar-refractivity contribution in [3.05, 3.63) is 28.2 Å². The second-order valence-corrected chi connectivity index (χ2v) is 5.52. The van der Waals surface area contributed by atoms with Gasteiger partial charge >= 0.3 is 0 Å². The predicted octanol–water partition coefficient (Wildman–Crippen LogP) is 2.67. The van der Waals surface area contributed by atoms with E-state index in [9.17, 15) is 0 Å². The Kier molecular flexibility index (Phi) is 7.32. The molecule has 102 valence electrons. The van der Waals surface area contributed by atoms with Crippen LogP contribution >= 0.6 is 15.9 Å². The highest BCUT2D eigenvalue weighted by Gasteiger charge is 2.03. The number of nitrogens with two attached hydrogens (primary N) is 1. The Morgan fingerprint density at radius 2 is 2.06 bits per heavy atom. The molecule has 0 aliphatic carbocycles. The van der Waals surface area contributed by atoms with Crippen molar-refractivity contribution in [1.29, 1.82) is 0 Å². The van der Waals surface area contributed by atoms with Crippen molar-refractivity contribution in [3.63, 3.8) is 0 Å². The van der Waals surface area contributed by atoms with Gasteiger partial charge in [-0.15, -0.1) is 0 Å². The van der Waals surface area contributed by atoms with Crippen molar-refractivity contribution in [3.8, 4) is 5.75 Å². The fourth-order valence-corrected chi connectivity index (χ4v) is 2.23. The van der Waals surface area contributed by atoms with Crippen LogP contribution in [0, 0.1) is 0 Å². The molecule has 0 amide bonds. The zero-order valence-electron chi connectivity index (χ0n) is 11.3. The first-order chi connectivity index (χ1) is 8.63. The van der Waals surface area contributed by atoms with Gasteiger partial charge in [-0.2, -0.15) is 0 Å². The lowest BCUT2D eigenvalue weighted by molar-refractivity contribution is 0.280. The number of aryl methyl sites for hydroxylation is 1. The topological polar surface area (TPSA) is 38.5 Å². The maximum absolute atomic E-state index is 5.75. The molecule has 0 bridgehead atoms. The minimum atomic E-state index is 0.737. The first-order valence-corrected chi connectivity index (χ1v) is 7.19. The molecular weight excluding hydrogens is 292 g/mol. The van der Waals surface area contributed by atoms with Gasteiger partial charge in [-0.25, -0.2) is 0 Å². The Bertz CT molecular complexity index is 356. The van der Waals surface area contributed by atoms with Crippen LogP contribution in [0.4, 0.5) is 0 Å². The highest BCUT2D eigenvalue weighted by molar-refractivity contribution is 9.10. The van der Waals surface area contributed by atoms with Gasteiger partial charge in [-0.1, -0.05) is 6.07 Å². The normalized spacial score (nSPS) is 10.9. The van der Waals surface area contributed by atoms with E-state index in [0.717, 1.165) is 49.2 Å². The highest BCUT2D eigenvalue weighted by Crippen LogP contribution is 2.26. The van der Waals surface area contributed by atoms with Gasteiger partial charge in [0.25, 0.3) is 0 Å². The van der Waals surface area contributed by atoms with Gasteiger partial charge in [0.2, 0.25) is 0 Å². The van der Waals surface area contributed by atoms with Crippen LogP contribution in [0.2, 0.25) is 0 Å². The van der Waals surface area contributed by atoms with Crippen molar-refractivity contribution >= 4 is 15.9 Å². The molecule has 1 rings (SSSR count). The Morgan fingerprint density at radius 3 is 2.67 bits per heavy atom. The van der Waals surface area contributed by atoms with E-state index < -0.39 is 0 Å². The molecule has 0 aromatic heterocycles. The molecule has 0 heterocycles. The summed E-state index contributed by atoms with van der Waals surface area (Å²) in [6.45, 7) is 2.53. The largest absolute Gasteiger partial charge is 0.492 e. The quantitative estimate of drug-likeness (QED) is 0.750. The summed E-state index contributed by atoms with van der Waals surface area (Å²) < 4.78 is 6.78. The molecule has 0 fully saturated rings. The molecule has 0 aliphatic rings. The maximum Gasteiger partial charge on any atom is 0.133 e. The first kappa shape index (κ1) is 15.5. The summed E-state index contributed by atoms with van der Waals surface area (Å²) in [7, 11) is 4.14. The molecule has 1 aromatic rings. The van der Waals surface area contributed by atoms with Crippen LogP contribution < -0.4 is 10.5 Å². The summed E-state index contributed by atoms with van der Waals surface area (Å²) in [5, 5.41) is 0. The lowest BCUT2D eigenvalue weighted by atomic mass is 10.1.